The topological polar surface area (TPSA) is 50.2 Å². The number of rotatable bonds is 4. The SMILES string of the molecule is O=C(CN1CCC(Nc2cccc3ncccc23)CC1)n1ccc(F)c1. The van der Waals surface area contributed by atoms with Crippen LogP contribution in [0, 0.1) is 5.82 Å². The maximum absolute atomic E-state index is 13.0. The normalized spacial score (nSPS) is 16.0. The highest BCUT2D eigenvalue weighted by Gasteiger charge is 2.21. The summed E-state index contributed by atoms with van der Waals surface area (Å²) in [7, 11) is 0. The molecule has 4 rings (SSSR count). The number of hydrogen-bond donors (Lipinski definition) is 1. The molecule has 1 aromatic carbocycles. The molecule has 3 heterocycles. The van der Waals surface area contributed by atoms with Gasteiger partial charge in [-0.1, -0.05) is 6.07 Å². The number of carbonyl (C=O) groups is 1. The third kappa shape index (κ3) is 3.60. The number of pyridine rings is 1. The monoisotopic (exact) mass is 352 g/mol. The molecule has 0 radical (unpaired) electrons. The summed E-state index contributed by atoms with van der Waals surface area (Å²) < 4.78 is 14.4. The largest absolute Gasteiger partial charge is 0.382 e. The molecule has 5 nitrogen and oxygen atoms in total. The van der Waals surface area contributed by atoms with E-state index in [4.69, 9.17) is 0 Å². The van der Waals surface area contributed by atoms with Crippen LogP contribution < -0.4 is 5.32 Å². The number of likely N-dealkylation sites (tertiary alicyclic amines) is 1. The van der Waals surface area contributed by atoms with Gasteiger partial charge >= 0.3 is 0 Å². The lowest BCUT2D eigenvalue weighted by molar-refractivity contribution is 0.0829. The summed E-state index contributed by atoms with van der Waals surface area (Å²) in [5.74, 6) is -0.480. The summed E-state index contributed by atoms with van der Waals surface area (Å²) in [6, 6.07) is 11.8. The van der Waals surface area contributed by atoms with Crippen LogP contribution in [0.15, 0.2) is 55.0 Å². The molecule has 134 valence electrons. The number of fused-ring (bicyclic) bond motifs is 1. The van der Waals surface area contributed by atoms with Gasteiger partial charge in [0, 0.05) is 48.8 Å². The van der Waals surface area contributed by atoms with Gasteiger partial charge in [0.25, 0.3) is 0 Å². The number of aromatic nitrogens is 2. The molecule has 2 aromatic heterocycles. The first-order valence-electron chi connectivity index (χ1n) is 8.88. The molecule has 0 spiro atoms. The predicted molar refractivity (Wildman–Crippen MR) is 99.8 cm³/mol. The van der Waals surface area contributed by atoms with E-state index in [2.05, 4.69) is 27.3 Å². The Morgan fingerprint density at radius 1 is 1.19 bits per heavy atom. The van der Waals surface area contributed by atoms with Crippen molar-refractivity contribution in [2.45, 2.75) is 18.9 Å². The molecule has 1 saturated heterocycles. The van der Waals surface area contributed by atoms with Crippen LogP contribution in [0.5, 0.6) is 0 Å². The van der Waals surface area contributed by atoms with E-state index >= 15 is 0 Å². The zero-order valence-corrected chi connectivity index (χ0v) is 14.4. The number of hydrogen-bond acceptors (Lipinski definition) is 4. The molecule has 1 aliphatic heterocycles. The van der Waals surface area contributed by atoms with Gasteiger partial charge in [-0.3, -0.25) is 19.2 Å². The highest BCUT2D eigenvalue weighted by molar-refractivity contribution is 5.91. The molecule has 0 saturated carbocycles. The van der Waals surface area contributed by atoms with Gasteiger partial charge in [-0.05, 0) is 43.2 Å². The molecule has 0 bridgehead atoms. The van der Waals surface area contributed by atoms with Crippen LogP contribution in [-0.4, -0.2) is 46.0 Å². The first-order valence-corrected chi connectivity index (χ1v) is 8.88. The molecule has 1 aliphatic rings. The standard InChI is InChI=1S/C20H21FN4O/c21-15-6-12-25(13-15)20(26)14-24-10-7-16(8-11-24)23-19-5-1-4-18-17(19)3-2-9-22-18/h1-6,9,12-13,16,23H,7-8,10-11,14H2. The first-order chi connectivity index (χ1) is 12.7. The third-order valence-electron chi connectivity index (χ3n) is 4.90. The fourth-order valence-electron chi connectivity index (χ4n) is 3.48. The van der Waals surface area contributed by atoms with Crippen LogP contribution in [0.4, 0.5) is 10.1 Å². The van der Waals surface area contributed by atoms with Crippen LogP contribution in [0.2, 0.25) is 0 Å². The van der Waals surface area contributed by atoms with Crippen LogP contribution in [0.25, 0.3) is 10.9 Å². The molecule has 1 fully saturated rings. The van der Waals surface area contributed by atoms with Crippen molar-refractivity contribution in [1.82, 2.24) is 14.5 Å². The molecule has 6 heteroatoms. The second-order valence-electron chi connectivity index (χ2n) is 6.70. The van der Waals surface area contributed by atoms with Gasteiger partial charge in [0.2, 0.25) is 5.91 Å². The van der Waals surface area contributed by atoms with Crippen molar-refractivity contribution < 1.29 is 9.18 Å². The fraction of sp³-hybridized carbons (Fsp3) is 0.300. The number of halogens is 1. The average Bonchev–Trinajstić information content (AvgIpc) is 3.10. The Labute approximate surface area is 151 Å². The smallest absolute Gasteiger partial charge is 0.244 e. The Morgan fingerprint density at radius 2 is 2.04 bits per heavy atom. The van der Waals surface area contributed by atoms with Crippen molar-refractivity contribution in [2.24, 2.45) is 0 Å². The number of anilines is 1. The van der Waals surface area contributed by atoms with E-state index in [-0.39, 0.29) is 11.7 Å². The highest BCUT2D eigenvalue weighted by Crippen LogP contribution is 2.24. The second kappa shape index (κ2) is 7.25. The Bertz CT molecular complexity index is 910. The van der Waals surface area contributed by atoms with E-state index in [1.807, 2.05) is 18.2 Å². The molecule has 3 aromatic rings. The first kappa shape index (κ1) is 16.7. The van der Waals surface area contributed by atoms with Crippen LogP contribution in [0.1, 0.15) is 17.6 Å². The zero-order chi connectivity index (χ0) is 17.9. The summed E-state index contributed by atoms with van der Waals surface area (Å²) in [6.07, 6.45) is 6.43. The van der Waals surface area contributed by atoms with E-state index in [1.165, 1.54) is 23.0 Å². The Hall–Kier alpha value is -2.73. The average molecular weight is 352 g/mol. The molecule has 0 unspecified atom stereocenters. The van der Waals surface area contributed by atoms with Crippen molar-refractivity contribution in [3.8, 4) is 0 Å². The molecule has 26 heavy (non-hydrogen) atoms. The number of nitrogens with zero attached hydrogens (tertiary/aromatic N) is 3. The number of benzene rings is 1. The van der Waals surface area contributed by atoms with Crippen molar-refractivity contribution >= 4 is 22.5 Å². The molecular formula is C20H21FN4O. The Morgan fingerprint density at radius 3 is 2.81 bits per heavy atom. The van der Waals surface area contributed by atoms with Crippen LogP contribution in [0.3, 0.4) is 0 Å². The Kier molecular flexibility index (Phi) is 4.67. The quantitative estimate of drug-likeness (QED) is 0.782. The summed E-state index contributed by atoms with van der Waals surface area (Å²) in [5.41, 5.74) is 2.09. The maximum atomic E-state index is 13.0. The highest BCUT2D eigenvalue weighted by atomic mass is 19.1. The van der Waals surface area contributed by atoms with Crippen molar-refractivity contribution in [3.05, 3.63) is 60.8 Å². The minimum absolute atomic E-state index is 0.0968. The summed E-state index contributed by atoms with van der Waals surface area (Å²) in [5, 5.41) is 4.75. The summed E-state index contributed by atoms with van der Waals surface area (Å²) in [6.45, 7) is 2.01. The minimum Gasteiger partial charge on any atom is -0.382 e. The molecule has 0 aliphatic carbocycles. The molecular weight excluding hydrogens is 331 g/mol. The van der Waals surface area contributed by atoms with Crippen LogP contribution >= 0.6 is 0 Å². The molecule has 0 atom stereocenters. The van der Waals surface area contributed by atoms with Crippen molar-refractivity contribution in [2.75, 3.05) is 25.0 Å². The lowest BCUT2D eigenvalue weighted by Gasteiger charge is -2.32. The van der Waals surface area contributed by atoms with Crippen molar-refractivity contribution in [3.63, 3.8) is 0 Å². The second-order valence-corrected chi connectivity index (χ2v) is 6.70. The van der Waals surface area contributed by atoms with E-state index in [9.17, 15) is 9.18 Å². The molecule has 0 amide bonds. The number of nitrogens with one attached hydrogen (secondary N) is 1. The summed E-state index contributed by atoms with van der Waals surface area (Å²) in [4.78, 5) is 18.7. The molecule has 1 N–H and O–H groups in total. The lowest BCUT2D eigenvalue weighted by atomic mass is 10.0. The van der Waals surface area contributed by atoms with Crippen LogP contribution in [-0.2, 0) is 0 Å². The van der Waals surface area contributed by atoms with Gasteiger partial charge in [0.15, 0.2) is 0 Å². The number of carbonyl (C=O) groups excluding carboxylic acids is 1. The van der Waals surface area contributed by atoms with E-state index in [0.29, 0.717) is 12.6 Å². The van der Waals surface area contributed by atoms with Gasteiger partial charge < -0.3 is 5.32 Å². The van der Waals surface area contributed by atoms with Gasteiger partial charge in [-0.25, -0.2) is 4.39 Å². The number of piperidine rings is 1. The Balaban J connectivity index is 1.34. The van der Waals surface area contributed by atoms with Gasteiger partial charge in [-0.15, -0.1) is 0 Å². The van der Waals surface area contributed by atoms with E-state index in [0.717, 1.165) is 42.5 Å². The van der Waals surface area contributed by atoms with E-state index < -0.39 is 0 Å². The van der Waals surface area contributed by atoms with Gasteiger partial charge in [0.1, 0.15) is 5.82 Å². The third-order valence-corrected chi connectivity index (χ3v) is 4.90. The lowest BCUT2D eigenvalue weighted by Crippen LogP contribution is -2.42. The maximum Gasteiger partial charge on any atom is 0.244 e. The van der Waals surface area contributed by atoms with Crippen molar-refractivity contribution in [1.29, 1.82) is 0 Å². The zero-order valence-electron chi connectivity index (χ0n) is 14.4. The van der Waals surface area contributed by atoms with E-state index in [1.54, 1.807) is 6.20 Å². The predicted octanol–water partition coefficient (Wildman–Crippen LogP) is 3.39. The minimum atomic E-state index is -0.383. The summed E-state index contributed by atoms with van der Waals surface area (Å²) >= 11 is 0. The fourth-order valence-corrected chi connectivity index (χ4v) is 3.48. The van der Waals surface area contributed by atoms with Gasteiger partial charge in [-0.2, -0.15) is 0 Å². The van der Waals surface area contributed by atoms with Gasteiger partial charge in [0.05, 0.1) is 12.1 Å².